The highest BCUT2D eigenvalue weighted by atomic mass is 32.2. The molecular formula is C24H23FN2O4S. The van der Waals surface area contributed by atoms with Crippen molar-refractivity contribution >= 4 is 21.6 Å². The zero-order chi connectivity index (χ0) is 22.7. The molecule has 0 bridgehead atoms. The number of amides is 1. The number of benzene rings is 3. The van der Waals surface area contributed by atoms with Gasteiger partial charge in [0.05, 0.1) is 16.6 Å². The molecule has 0 aliphatic carbocycles. The highest BCUT2D eigenvalue weighted by Crippen LogP contribution is 2.33. The highest BCUT2D eigenvalue weighted by molar-refractivity contribution is 7.92. The van der Waals surface area contributed by atoms with Crippen LogP contribution in [0.2, 0.25) is 0 Å². The number of anilines is 1. The Morgan fingerprint density at radius 1 is 1.06 bits per heavy atom. The van der Waals surface area contributed by atoms with Crippen molar-refractivity contribution in [3.05, 3.63) is 89.7 Å². The fourth-order valence-electron chi connectivity index (χ4n) is 3.66. The number of sulfonamides is 1. The van der Waals surface area contributed by atoms with Crippen LogP contribution in [-0.4, -0.2) is 27.5 Å². The van der Waals surface area contributed by atoms with Gasteiger partial charge in [-0.1, -0.05) is 30.3 Å². The molecule has 166 valence electrons. The van der Waals surface area contributed by atoms with Crippen molar-refractivity contribution in [1.82, 2.24) is 5.32 Å². The van der Waals surface area contributed by atoms with E-state index in [1.165, 1.54) is 40.7 Å². The van der Waals surface area contributed by atoms with Gasteiger partial charge in [0, 0.05) is 6.54 Å². The Labute approximate surface area is 186 Å². The first-order valence-corrected chi connectivity index (χ1v) is 11.7. The number of nitrogens with zero attached hydrogens (tertiary/aromatic N) is 1. The summed E-state index contributed by atoms with van der Waals surface area (Å²) >= 11 is 0. The number of fused-ring (bicyclic) bond motifs is 1. The number of carbonyl (C=O) groups is 1. The Hall–Kier alpha value is -3.39. The van der Waals surface area contributed by atoms with Crippen LogP contribution in [0.4, 0.5) is 10.1 Å². The van der Waals surface area contributed by atoms with Crippen LogP contribution in [0.15, 0.2) is 77.7 Å². The van der Waals surface area contributed by atoms with Gasteiger partial charge >= 0.3 is 0 Å². The van der Waals surface area contributed by atoms with Crippen LogP contribution in [0, 0.1) is 5.82 Å². The van der Waals surface area contributed by atoms with Gasteiger partial charge in [0.15, 0.2) is 6.61 Å². The van der Waals surface area contributed by atoms with E-state index < -0.39 is 10.0 Å². The average Bonchev–Trinajstić information content (AvgIpc) is 3.23. The summed E-state index contributed by atoms with van der Waals surface area (Å²) in [6.07, 6.45) is 0.683. The van der Waals surface area contributed by atoms with Crippen LogP contribution in [-0.2, 0) is 21.2 Å². The van der Waals surface area contributed by atoms with E-state index in [0.717, 1.165) is 11.1 Å². The second kappa shape index (κ2) is 9.00. The Morgan fingerprint density at radius 3 is 2.47 bits per heavy atom. The molecule has 1 aliphatic heterocycles. The number of halogens is 1. The Balaban J connectivity index is 1.36. The van der Waals surface area contributed by atoms with E-state index in [4.69, 9.17) is 4.74 Å². The molecule has 1 N–H and O–H groups in total. The zero-order valence-electron chi connectivity index (χ0n) is 17.5. The number of para-hydroxylation sites is 1. The van der Waals surface area contributed by atoms with Crippen LogP contribution >= 0.6 is 0 Å². The van der Waals surface area contributed by atoms with Gasteiger partial charge < -0.3 is 10.1 Å². The lowest BCUT2D eigenvalue weighted by molar-refractivity contribution is -0.123. The third-order valence-electron chi connectivity index (χ3n) is 5.37. The minimum absolute atomic E-state index is 0.163. The molecule has 3 aromatic rings. The molecule has 0 spiro atoms. The topological polar surface area (TPSA) is 75.7 Å². The molecule has 6 nitrogen and oxygen atoms in total. The van der Waals surface area contributed by atoms with Gasteiger partial charge in [-0.25, -0.2) is 12.8 Å². The van der Waals surface area contributed by atoms with E-state index in [1.807, 2.05) is 24.3 Å². The largest absolute Gasteiger partial charge is 0.484 e. The van der Waals surface area contributed by atoms with Crippen molar-refractivity contribution < 1.29 is 22.3 Å². The lowest BCUT2D eigenvalue weighted by atomic mass is 10.1. The van der Waals surface area contributed by atoms with E-state index in [1.54, 1.807) is 19.1 Å². The zero-order valence-corrected chi connectivity index (χ0v) is 18.3. The number of rotatable bonds is 7. The number of nitrogens with one attached hydrogen (secondary N) is 1. The van der Waals surface area contributed by atoms with Gasteiger partial charge in [-0.3, -0.25) is 9.10 Å². The molecule has 1 atom stereocenters. The van der Waals surface area contributed by atoms with Crippen LogP contribution in [0.25, 0.3) is 0 Å². The van der Waals surface area contributed by atoms with Crippen molar-refractivity contribution in [3.8, 4) is 5.75 Å². The fourth-order valence-corrected chi connectivity index (χ4v) is 5.16. The highest BCUT2D eigenvalue weighted by Gasteiger charge is 2.30. The molecule has 1 aliphatic rings. The van der Waals surface area contributed by atoms with Crippen molar-refractivity contribution in [2.45, 2.75) is 24.3 Å². The molecule has 0 unspecified atom stereocenters. The van der Waals surface area contributed by atoms with Crippen LogP contribution in [0.5, 0.6) is 5.75 Å². The fraction of sp³-hybridized carbons (Fsp3) is 0.208. The predicted molar refractivity (Wildman–Crippen MR) is 120 cm³/mol. The van der Waals surface area contributed by atoms with Crippen molar-refractivity contribution in [1.29, 1.82) is 0 Å². The SMILES string of the molecule is C[C@H](NC(=O)COc1ccc(S(=O)(=O)N2CCc3ccccc32)cc1)c1ccc(F)cc1. The second-order valence-corrected chi connectivity index (χ2v) is 9.42. The maximum atomic E-state index is 13.0. The summed E-state index contributed by atoms with van der Waals surface area (Å²) in [5.41, 5.74) is 2.49. The summed E-state index contributed by atoms with van der Waals surface area (Å²) in [5.74, 6) is -0.294. The first-order valence-electron chi connectivity index (χ1n) is 10.2. The minimum Gasteiger partial charge on any atom is -0.484 e. The lowest BCUT2D eigenvalue weighted by Gasteiger charge is -2.19. The van der Waals surface area contributed by atoms with Gasteiger partial charge in [-0.05, 0) is 66.9 Å². The molecule has 1 amide bonds. The summed E-state index contributed by atoms with van der Waals surface area (Å²) in [7, 11) is -3.68. The van der Waals surface area contributed by atoms with Crippen molar-refractivity contribution in [3.63, 3.8) is 0 Å². The number of ether oxygens (including phenoxy) is 1. The van der Waals surface area contributed by atoms with Crippen LogP contribution in [0.1, 0.15) is 24.1 Å². The Kier molecular flexibility index (Phi) is 6.14. The van der Waals surface area contributed by atoms with Gasteiger partial charge in [0.1, 0.15) is 11.6 Å². The Morgan fingerprint density at radius 2 is 1.75 bits per heavy atom. The molecule has 0 fully saturated rings. The molecule has 1 heterocycles. The van der Waals surface area contributed by atoms with Crippen molar-refractivity contribution in [2.75, 3.05) is 17.5 Å². The third kappa shape index (κ3) is 4.60. The number of carbonyl (C=O) groups excluding carboxylic acids is 1. The molecular weight excluding hydrogens is 431 g/mol. The van der Waals surface area contributed by atoms with Gasteiger partial charge in [-0.2, -0.15) is 0 Å². The lowest BCUT2D eigenvalue weighted by Crippen LogP contribution is -2.31. The van der Waals surface area contributed by atoms with Gasteiger partial charge in [-0.15, -0.1) is 0 Å². The molecule has 0 radical (unpaired) electrons. The monoisotopic (exact) mass is 454 g/mol. The van der Waals surface area contributed by atoms with Gasteiger partial charge in [0.2, 0.25) is 0 Å². The first kappa shape index (κ1) is 21.8. The quantitative estimate of drug-likeness (QED) is 0.589. The average molecular weight is 455 g/mol. The van der Waals surface area contributed by atoms with E-state index in [0.29, 0.717) is 24.4 Å². The van der Waals surface area contributed by atoms with E-state index in [2.05, 4.69) is 5.32 Å². The van der Waals surface area contributed by atoms with Gasteiger partial charge in [0.25, 0.3) is 15.9 Å². The molecule has 0 saturated heterocycles. The molecule has 3 aromatic carbocycles. The van der Waals surface area contributed by atoms with Crippen molar-refractivity contribution in [2.24, 2.45) is 0 Å². The maximum absolute atomic E-state index is 13.0. The van der Waals surface area contributed by atoms with Crippen LogP contribution in [0.3, 0.4) is 0 Å². The molecule has 32 heavy (non-hydrogen) atoms. The second-order valence-electron chi connectivity index (χ2n) is 7.56. The molecule has 0 aromatic heterocycles. The summed E-state index contributed by atoms with van der Waals surface area (Å²) in [5, 5.41) is 2.78. The Bertz CT molecular complexity index is 1210. The predicted octanol–water partition coefficient (Wildman–Crippen LogP) is 3.83. The minimum atomic E-state index is -3.68. The number of hydrogen-bond donors (Lipinski definition) is 1. The maximum Gasteiger partial charge on any atom is 0.264 e. The summed E-state index contributed by atoms with van der Waals surface area (Å²) in [6, 6.07) is 19.1. The van der Waals surface area contributed by atoms with Crippen LogP contribution < -0.4 is 14.4 Å². The van der Waals surface area contributed by atoms with E-state index in [9.17, 15) is 17.6 Å². The smallest absolute Gasteiger partial charge is 0.264 e. The molecule has 4 rings (SSSR count). The normalized spacial score (nSPS) is 14.0. The first-order chi connectivity index (χ1) is 15.3. The summed E-state index contributed by atoms with van der Waals surface area (Å²) in [6.45, 7) is 1.98. The van der Waals surface area contributed by atoms with E-state index in [-0.39, 0.29) is 29.3 Å². The third-order valence-corrected chi connectivity index (χ3v) is 7.20. The molecule has 0 saturated carbocycles. The summed E-state index contributed by atoms with van der Waals surface area (Å²) < 4.78 is 46.0. The summed E-state index contributed by atoms with van der Waals surface area (Å²) in [4.78, 5) is 12.3. The van der Waals surface area contributed by atoms with E-state index >= 15 is 0 Å². The standard InChI is InChI=1S/C24H23FN2O4S/c1-17(18-6-8-20(25)9-7-18)26-24(28)16-31-21-10-12-22(13-11-21)32(29,30)27-15-14-19-4-2-3-5-23(19)27/h2-13,17H,14-16H2,1H3,(H,26,28)/t17-/m0/s1. The number of hydrogen-bond acceptors (Lipinski definition) is 4. The molecule has 8 heteroatoms.